The molecule has 2 atom stereocenters. The fraction of sp³-hybridized carbons (Fsp3) is 0.375. The van der Waals surface area contributed by atoms with Crippen LogP contribution in [-0.2, 0) is 6.42 Å². The summed E-state index contributed by atoms with van der Waals surface area (Å²) in [7, 11) is 0. The Labute approximate surface area is 136 Å². The summed E-state index contributed by atoms with van der Waals surface area (Å²) in [4.78, 5) is 1.52. The highest BCUT2D eigenvalue weighted by Crippen LogP contribution is 2.37. The van der Waals surface area contributed by atoms with Crippen LogP contribution >= 0.6 is 33.9 Å². The number of hydrogen-bond acceptors (Lipinski definition) is 2. The van der Waals surface area contributed by atoms with E-state index in [2.05, 4.69) is 40.9 Å². The normalized spacial score (nSPS) is 19.6. The molecule has 1 aliphatic rings. The molecule has 0 bridgehead atoms. The second kappa shape index (κ2) is 6.12. The van der Waals surface area contributed by atoms with Gasteiger partial charge in [-0.3, -0.25) is 0 Å². The number of hydrogen-bond donors (Lipinski definition) is 1. The Bertz CT molecular complexity index is 610. The molecule has 20 heavy (non-hydrogen) atoms. The van der Waals surface area contributed by atoms with Crippen LogP contribution in [0.4, 0.5) is 4.39 Å². The third kappa shape index (κ3) is 3.07. The third-order valence-electron chi connectivity index (χ3n) is 3.88. The summed E-state index contributed by atoms with van der Waals surface area (Å²) in [6, 6.07) is 9.76. The second-order valence-electron chi connectivity index (χ2n) is 5.32. The molecular weight excluding hydrogens is 384 g/mol. The van der Waals surface area contributed by atoms with E-state index >= 15 is 0 Å². The maximum atomic E-state index is 13.3. The largest absolute Gasteiger partial charge is 0.303 e. The SMILES string of the molecule is C[C@H](NC1CCCc2sc(I)cc21)c1cccc(F)c1. The Kier molecular flexibility index (Phi) is 4.43. The van der Waals surface area contributed by atoms with Crippen LogP contribution < -0.4 is 5.32 Å². The Morgan fingerprint density at radius 1 is 1.40 bits per heavy atom. The van der Waals surface area contributed by atoms with Gasteiger partial charge in [0.05, 0.1) is 2.88 Å². The maximum Gasteiger partial charge on any atom is 0.123 e. The molecule has 0 amide bonds. The lowest BCUT2D eigenvalue weighted by Gasteiger charge is -2.27. The topological polar surface area (TPSA) is 12.0 Å². The van der Waals surface area contributed by atoms with Crippen molar-refractivity contribution < 1.29 is 4.39 Å². The van der Waals surface area contributed by atoms with Gasteiger partial charge in [0.25, 0.3) is 0 Å². The van der Waals surface area contributed by atoms with E-state index in [1.54, 1.807) is 12.1 Å². The van der Waals surface area contributed by atoms with Gasteiger partial charge in [-0.15, -0.1) is 11.3 Å². The number of halogens is 2. The highest BCUT2D eigenvalue weighted by molar-refractivity contribution is 14.1. The van der Waals surface area contributed by atoms with Gasteiger partial charge in [-0.1, -0.05) is 12.1 Å². The number of nitrogens with one attached hydrogen (secondary N) is 1. The van der Waals surface area contributed by atoms with E-state index in [-0.39, 0.29) is 11.9 Å². The van der Waals surface area contributed by atoms with E-state index in [9.17, 15) is 4.39 Å². The first-order valence-electron chi connectivity index (χ1n) is 6.93. The van der Waals surface area contributed by atoms with Crippen molar-refractivity contribution in [2.24, 2.45) is 0 Å². The first-order valence-corrected chi connectivity index (χ1v) is 8.82. The van der Waals surface area contributed by atoms with Gasteiger partial charge in [0, 0.05) is 17.0 Å². The van der Waals surface area contributed by atoms with Crippen molar-refractivity contribution >= 4 is 33.9 Å². The van der Waals surface area contributed by atoms with Crippen LogP contribution in [0.5, 0.6) is 0 Å². The summed E-state index contributed by atoms with van der Waals surface area (Å²) in [5.41, 5.74) is 2.47. The smallest absolute Gasteiger partial charge is 0.123 e. The van der Waals surface area contributed by atoms with Crippen molar-refractivity contribution in [3.63, 3.8) is 0 Å². The van der Waals surface area contributed by atoms with Gasteiger partial charge in [0.1, 0.15) is 5.82 Å². The molecule has 1 aromatic heterocycles. The molecule has 1 aromatic carbocycles. The van der Waals surface area contributed by atoms with E-state index in [4.69, 9.17) is 0 Å². The quantitative estimate of drug-likeness (QED) is 0.696. The van der Waals surface area contributed by atoms with Gasteiger partial charge in [0.15, 0.2) is 0 Å². The lowest BCUT2D eigenvalue weighted by molar-refractivity contribution is 0.417. The van der Waals surface area contributed by atoms with Crippen LogP contribution in [0.3, 0.4) is 0 Å². The minimum atomic E-state index is -0.162. The van der Waals surface area contributed by atoms with Gasteiger partial charge in [0.2, 0.25) is 0 Å². The van der Waals surface area contributed by atoms with Crippen LogP contribution in [0, 0.1) is 8.70 Å². The van der Waals surface area contributed by atoms with Gasteiger partial charge in [-0.05, 0) is 78.1 Å². The Morgan fingerprint density at radius 2 is 2.25 bits per heavy atom. The average Bonchev–Trinajstić information content (AvgIpc) is 2.80. The molecule has 1 heterocycles. The van der Waals surface area contributed by atoms with Crippen LogP contribution in [-0.4, -0.2) is 0 Å². The Hall–Kier alpha value is -0.460. The number of thiophene rings is 1. The minimum Gasteiger partial charge on any atom is -0.303 e. The molecule has 0 fully saturated rings. The monoisotopic (exact) mass is 401 g/mol. The molecule has 0 saturated heterocycles. The van der Waals surface area contributed by atoms with E-state index in [1.807, 2.05) is 17.4 Å². The van der Waals surface area contributed by atoms with Gasteiger partial charge >= 0.3 is 0 Å². The molecule has 0 radical (unpaired) electrons. The number of rotatable bonds is 3. The molecular formula is C16H17FINS. The predicted octanol–water partition coefficient (Wildman–Crippen LogP) is 5.22. The maximum absolute atomic E-state index is 13.3. The van der Waals surface area contributed by atoms with E-state index < -0.39 is 0 Å². The lowest BCUT2D eigenvalue weighted by atomic mass is 9.93. The standard InChI is InChI=1S/C16H17FINS/c1-10(11-4-2-5-12(17)8-11)19-14-6-3-7-15-13(14)9-16(18)20-15/h2,4-5,8-10,14,19H,3,6-7H2,1H3/t10-,14?/m0/s1. The van der Waals surface area contributed by atoms with Gasteiger partial charge in [-0.25, -0.2) is 4.39 Å². The predicted molar refractivity (Wildman–Crippen MR) is 90.7 cm³/mol. The molecule has 0 aliphatic heterocycles. The molecule has 1 unspecified atom stereocenters. The summed E-state index contributed by atoms with van der Waals surface area (Å²) in [5, 5.41) is 3.67. The summed E-state index contributed by atoms with van der Waals surface area (Å²) in [6.45, 7) is 2.11. The average molecular weight is 401 g/mol. The fourth-order valence-electron chi connectivity index (χ4n) is 2.87. The molecule has 3 rings (SSSR count). The molecule has 0 spiro atoms. The van der Waals surface area contributed by atoms with Crippen molar-refractivity contribution in [2.75, 3.05) is 0 Å². The second-order valence-corrected chi connectivity index (χ2v) is 8.35. The molecule has 1 nitrogen and oxygen atoms in total. The molecule has 1 N–H and O–H groups in total. The van der Waals surface area contributed by atoms with E-state index in [0.29, 0.717) is 6.04 Å². The first kappa shape index (κ1) is 14.5. The summed E-state index contributed by atoms with van der Waals surface area (Å²) in [6.07, 6.45) is 3.60. The number of benzene rings is 1. The van der Waals surface area contributed by atoms with Crippen molar-refractivity contribution in [2.45, 2.75) is 38.3 Å². The molecule has 4 heteroatoms. The van der Waals surface area contributed by atoms with Crippen LogP contribution in [0.2, 0.25) is 0 Å². The van der Waals surface area contributed by atoms with Crippen LogP contribution in [0.15, 0.2) is 30.3 Å². The zero-order valence-electron chi connectivity index (χ0n) is 11.3. The summed E-state index contributed by atoms with van der Waals surface area (Å²) in [5.74, 6) is -0.162. The van der Waals surface area contributed by atoms with Crippen molar-refractivity contribution in [1.82, 2.24) is 5.32 Å². The van der Waals surface area contributed by atoms with Crippen molar-refractivity contribution in [3.05, 3.63) is 55.0 Å². The minimum absolute atomic E-state index is 0.162. The summed E-state index contributed by atoms with van der Waals surface area (Å²) >= 11 is 4.31. The van der Waals surface area contributed by atoms with Crippen LogP contribution in [0.25, 0.3) is 0 Å². The number of aryl methyl sites for hydroxylation is 1. The van der Waals surface area contributed by atoms with Gasteiger partial charge in [-0.2, -0.15) is 0 Å². The van der Waals surface area contributed by atoms with Gasteiger partial charge < -0.3 is 5.32 Å². The van der Waals surface area contributed by atoms with E-state index in [1.165, 1.54) is 38.7 Å². The third-order valence-corrected chi connectivity index (χ3v) is 5.85. The zero-order chi connectivity index (χ0) is 14.1. The van der Waals surface area contributed by atoms with Crippen molar-refractivity contribution in [3.8, 4) is 0 Å². The van der Waals surface area contributed by atoms with Crippen molar-refractivity contribution in [1.29, 1.82) is 0 Å². The lowest BCUT2D eigenvalue weighted by Crippen LogP contribution is -2.27. The van der Waals surface area contributed by atoms with Crippen LogP contribution in [0.1, 0.15) is 47.9 Å². The fourth-order valence-corrected chi connectivity index (χ4v) is 4.99. The number of fused-ring (bicyclic) bond motifs is 1. The molecule has 106 valence electrons. The van der Waals surface area contributed by atoms with E-state index in [0.717, 1.165) is 5.56 Å². The Morgan fingerprint density at radius 3 is 3.05 bits per heavy atom. The molecule has 2 aromatic rings. The first-order chi connectivity index (χ1) is 9.63. The Balaban J connectivity index is 1.78. The highest BCUT2D eigenvalue weighted by Gasteiger charge is 2.24. The summed E-state index contributed by atoms with van der Waals surface area (Å²) < 4.78 is 14.7. The zero-order valence-corrected chi connectivity index (χ0v) is 14.3. The molecule has 1 aliphatic carbocycles. The highest BCUT2D eigenvalue weighted by atomic mass is 127. The molecule has 0 saturated carbocycles.